The van der Waals surface area contributed by atoms with Crippen molar-refractivity contribution in [3.05, 3.63) is 93.8 Å². The third-order valence-corrected chi connectivity index (χ3v) is 6.10. The predicted molar refractivity (Wildman–Crippen MR) is 125 cm³/mol. The van der Waals surface area contributed by atoms with Crippen LogP contribution in [-0.4, -0.2) is 57.6 Å². The number of aromatic carboxylic acids is 1. The van der Waals surface area contributed by atoms with Crippen LogP contribution in [0.3, 0.4) is 0 Å². The van der Waals surface area contributed by atoms with Gasteiger partial charge in [-0.3, -0.25) is 14.2 Å². The fourth-order valence-corrected chi connectivity index (χ4v) is 4.46. The first-order valence-corrected chi connectivity index (χ1v) is 11.1. The van der Waals surface area contributed by atoms with Gasteiger partial charge in [0.25, 0.3) is 11.5 Å². The largest absolute Gasteiger partial charge is 0.477 e. The first-order valence-electron chi connectivity index (χ1n) is 11.1. The number of hydrogen-bond donors (Lipinski definition) is 1. The van der Waals surface area contributed by atoms with Gasteiger partial charge in [-0.05, 0) is 35.9 Å². The number of fused-ring (bicyclic) bond motifs is 1. The predicted octanol–water partition coefficient (Wildman–Crippen LogP) is 2.98. The molecule has 1 saturated heterocycles. The quantitative estimate of drug-likeness (QED) is 0.454. The lowest BCUT2D eigenvalue weighted by atomic mass is 10.1. The average molecular weight is 494 g/mol. The Morgan fingerprint density at radius 2 is 1.81 bits per heavy atom. The highest BCUT2D eigenvalue weighted by Gasteiger charge is 2.30. The number of carboxylic acids is 1. The van der Waals surface area contributed by atoms with E-state index in [0.717, 1.165) is 16.8 Å². The van der Waals surface area contributed by atoms with E-state index < -0.39 is 28.7 Å². The summed E-state index contributed by atoms with van der Waals surface area (Å²) in [4.78, 5) is 45.7. The van der Waals surface area contributed by atoms with E-state index in [4.69, 9.17) is 4.42 Å². The molecule has 5 rings (SSSR count). The number of nitrogens with zero attached hydrogens (tertiary/aromatic N) is 4. The smallest absolute Gasteiger partial charge is 0.343 e. The number of aromatic nitrogens is 2. The number of pyridine rings is 2. The summed E-state index contributed by atoms with van der Waals surface area (Å²) in [6.45, 7) is 0.708. The van der Waals surface area contributed by atoms with Crippen LogP contribution in [0.1, 0.15) is 26.5 Å². The average Bonchev–Trinajstić information content (AvgIpc) is 3.40. The molecule has 1 fully saturated rings. The van der Waals surface area contributed by atoms with E-state index in [-0.39, 0.29) is 61.1 Å². The van der Waals surface area contributed by atoms with Gasteiger partial charge in [0.2, 0.25) is 0 Å². The SMILES string of the molecule is O=C(O)c1c(N2CCN(C(=O)c3ccco3)CC2)c2cc(F)cnc2n(Cc2cccc(F)c2)c1=O. The van der Waals surface area contributed by atoms with Crippen molar-refractivity contribution in [1.82, 2.24) is 14.5 Å². The summed E-state index contributed by atoms with van der Waals surface area (Å²) in [7, 11) is 0. The Labute approximate surface area is 202 Å². The zero-order chi connectivity index (χ0) is 25.4. The zero-order valence-corrected chi connectivity index (χ0v) is 18.9. The third-order valence-electron chi connectivity index (χ3n) is 6.10. The van der Waals surface area contributed by atoms with Crippen molar-refractivity contribution in [3.63, 3.8) is 0 Å². The first-order chi connectivity index (χ1) is 17.3. The molecule has 1 aliphatic rings. The summed E-state index contributed by atoms with van der Waals surface area (Å²) in [6.07, 6.45) is 2.34. The maximum absolute atomic E-state index is 14.3. The topological polar surface area (TPSA) is 109 Å². The van der Waals surface area contributed by atoms with Crippen LogP contribution in [0.4, 0.5) is 14.5 Å². The van der Waals surface area contributed by atoms with Gasteiger partial charge in [-0.15, -0.1) is 0 Å². The molecule has 0 spiro atoms. The molecule has 0 bridgehead atoms. The van der Waals surface area contributed by atoms with Crippen molar-refractivity contribution in [2.45, 2.75) is 6.54 Å². The molecule has 4 heterocycles. The van der Waals surface area contributed by atoms with Gasteiger partial charge in [-0.2, -0.15) is 0 Å². The monoisotopic (exact) mass is 494 g/mol. The van der Waals surface area contributed by atoms with Crippen LogP contribution in [0.5, 0.6) is 0 Å². The second-order valence-corrected chi connectivity index (χ2v) is 8.33. The zero-order valence-electron chi connectivity index (χ0n) is 18.9. The minimum atomic E-state index is -1.48. The van der Waals surface area contributed by atoms with E-state index in [9.17, 15) is 28.3 Å². The maximum atomic E-state index is 14.3. The van der Waals surface area contributed by atoms with Crippen LogP contribution in [0, 0.1) is 11.6 Å². The Balaban J connectivity index is 1.58. The molecule has 11 heteroatoms. The molecule has 1 aromatic carbocycles. The van der Waals surface area contributed by atoms with Crippen molar-refractivity contribution in [1.29, 1.82) is 0 Å². The van der Waals surface area contributed by atoms with Crippen LogP contribution in [0.15, 0.2) is 64.1 Å². The maximum Gasteiger partial charge on any atom is 0.343 e. The van der Waals surface area contributed by atoms with Gasteiger partial charge in [0.1, 0.15) is 22.8 Å². The highest BCUT2D eigenvalue weighted by atomic mass is 19.1. The first kappa shape index (κ1) is 23.2. The number of carbonyl (C=O) groups is 2. The number of anilines is 1. The molecule has 0 unspecified atom stereocenters. The molecular formula is C25H20F2N4O5. The normalized spacial score (nSPS) is 13.8. The minimum Gasteiger partial charge on any atom is -0.477 e. The van der Waals surface area contributed by atoms with Crippen molar-refractivity contribution in [3.8, 4) is 0 Å². The lowest BCUT2D eigenvalue weighted by Gasteiger charge is -2.36. The van der Waals surface area contributed by atoms with E-state index in [1.807, 2.05) is 0 Å². The number of furan rings is 1. The number of rotatable bonds is 5. The van der Waals surface area contributed by atoms with Crippen molar-refractivity contribution < 1.29 is 27.9 Å². The molecule has 9 nitrogen and oxygen atoms in total. The third kappa shape index (κ3) is 4.19. The fraction of sp³-hybridized carbons (Fsp3) is 0.200. The van der Waals surface area contributed by atoms with Gasteiger partial charge in [0.15, 0.2) is 5.76 Å². The lowest BCUT2D eigenvalue weighted by molar-refractivity contribution is 0.0686. The second kappa shape index (κ2) is 9.25. The second-order valence-electron chi connectivity index (χ2n) is 8.33. The summed E-state index contributed by atoms with van der Waals surface area (Å²) in [5.41, 5.74) is -0.868. The van der Waals surface area contributed by atoms with Crippen molar-refractivity contribution in [2.24, 2.45) is 0 Å². The number of amides is 1. The van der Waals surface area contributed by atoms with Gasteiger partial charge in [-0.25, -0.2) is 18.6 Å². The van der Waals surface area contributed by atoms with E-state index in [0.29, 0.717) is 5.56 Å². The molecule has 1 amide bonds. The summed E-state index contributed by atoms with van der Waals surface area (Å²) < 4.78 is 34.3. The number of carbonyl (C=O) groups excluding carboxylic acids is 1. The van der Waals surface area contributed by atoms with Crippen LogP contribution in [0.2, 0.25) is 0 Å². The number of halogens is 2. The number of benzene rings is 1. The van der Waals surface area contributed by atoms with E-state index in [1.54, 1.807) is 28.0 Å². The van der Waals surface area contributed by atoms with Crippen molar-refractivity contribution in [2.75, 3.05) is 31.1 Å². The summed E-state index contributed by atoms with van der Waals surface area (Å²) in [5.74, 6) is -2.82. The Kier molecular flexibility index (Phi) is 5.96. The van der Waals surface area contributed by atoms with Gasteiger partial charge in [-0.1, -0.05) is 12.1 Å². The van der Waals surface area contributed by atoms with Gasteiger partial charge in [0, 0.05) is 31.6 Å². The number of piperazine rings is 1. The van der Waals surface area contributed by atoms with Crippen LogP contribution >= 0.6 is 0 Å². The molecule has 0 radical (unpaired) electrons. The molecule has 0 aliphatic carbocycles. The van der Waals surface area contributed by atoms with Crippen LogP contribution in [-0.2, 0) is 6.54 Å². The van der Waals surface area contributed by atoms with Crippen LogP contribution < -0.4 is 10.5 Å². The number of hydrogen-bond acceptors (Lipinski definition) is 6. The van der Waals surface area contributed by atoms with Gasteiger partial charge >= 0.3 is 5.97 Å². The van der Waals surface area contributed by atoms with Gasteiger partial charge < -0.3 is 19.3 Å². The van der Waals surface area contributed by atoms with Gasteiger partial charge in [0.05, 0.1) is 24.7 Å². The lowest BCUT2D eigenvalue weighted by Crippen LogP contribution is -2.49. The van der Waals surface area contributed by atoms with Crippen LogP contribution in [0.25, 0.3) is 11.0 Å². The summed E-state index contributed by atoms with van der Waals surface area (Å²) in [6, 6.07) is 9.83. The molecule has 1 N–H and O–H groups in total. The molecule has 184 valence electrons. The Morgan fingerprint density at radius 3 is 2.47 bits per heavy atom. The molecular weight excluding hydrogens is 474 g/mol. The Morgan fingerprint density at radius 1 is 1.03 bits per heavy atom. The summed E-state index contributed by atoms with van der Waals surface area (Å²) >= 11 is 0. The molecule has 4 aromatic rings. The molecule has 0 atom stereocenters. The fourth-order valence-electron chi connectivity index (χ4n) is 4.46. The molecule has 36 heavy (non-hydrogen) atoms. The van der Waals surface area contributed by atoms with Crippen molar-refractivity contribution >= 4 is 28.6 Å². The van der Waals surface area contributed by atoms with E-state index in [1.165, 1.54) is 24.5 Å². The van der Waals surface area contributed by atoms with E-state index >= 15 is 0 Å². The molecule has 3 aromatic heterocycles. The Hall–Kier alpha value is -4.54. The number of carboxylic acid groups (broad SMARTS) is 1. The van der Waals surface area contributed by atoms with E-state index in [2.05, 4.69) is 4.98 Å². The minimum absolute atomic E-state index is 0.0371. The highest BCUT2D eigenvalue weighted by Crippen LogP contribution is 2.30. The molecule has 1 aliphatic heterocycles. The molecule has 0 saturated carbocycles. The summed E-state index contributed by atoms with van der Waals surface area (Å²) in [5, 5.41) is 10.1. The standard InChI is InChI=1S/C25H20F2N4O5/c26-16-4-1-3-15(11-16)14-31-22-18(12-17(27)13-28-22)21(20(24(31)33)25(34)35)29-6-8-30(9-7-29)23(32)19-5-2-10-36-19/h1-5,10-13H,6-9,14H2,(H,34,35). The Bertz CT molecular complexity index is 1530. The highest BCUT2D eigenvalue weighted by molar-refractivity contribution is 6.04.